The molecule has 0 radical (unpaired) electrons. The molecule has 0 aliphatic carbocycles. The van der Waals surface area contributed by atoms with Crippen LogP contribution in [0, 0.1) is 16.9 Å². The molecule has 0 bridgehead atoms. The van der Waals surface area contributed by atoms with Crippen LogP contribution >= 0.6 is 0 Å². The third-order valence-electron chi connectivity index (χ3n) is 5.43. The zero-order valence-corrected chi connectivity index (χ0v) is 20.7. The zero-order valence-electron chi connectivity index (χ0n) is 19.9. The molecule has 1 atom stereocenters. The van der Waals surface area contributed by atoms with Crippen LogP contribution in [0.1, 0.15) is 25.2 Å². The van der Waals surface area contributed by atoms with Crippen LogP contribution in [-0.4, -0.2) is 40.5 Å². The van der Waals surface area contributed by atoms with Gasteiger partial charge in [0.15, 0.2) is 0 Å². The summed E-state index contributed by atoms with van der Waals surface area (Å²) in [5.41, 5.74) is 1.62. The number of carbonyl (C=O) groups is 1. The Hall–Kier alpha value is -4.17. The topological polar surface area (TPSA) is 159 Å². The predicted molar refractivity (Wildman–Crippen MR) is 127 cm³/mol. The summed E-state index contributed by atoms with van der Waals surface area (Å²) in [6.45, 7) is 3.46. The molecule has 37 heavy (non-hydrogen) atoms. The van der Waals surface area contributed by atoms with Crippen LogP contribution in [0.15, 0.2) is 70.3 Å². The Bertz CT molecular complexity index is 1470. The second-order valence-electron chi connectivity index (χ2n) is 8.51. The minimum absolute atomic E-state index is 0.0216. The van der Waals surface area contributed by atoms with Crippen LogP contribution in [0.3, 0.4) is 0 Å². The number of benzene rings is 2. The van der Waals surface area contributed by atoms with Crippen molar-refractivity contribution in [3.8, 4) is 11.3 Å². The number of nitrogens with one attached hydrogen (secondary N) is 2. The average Bonchev–Trinajstić information content (AvgIpc) is 3.47. The van der Waals surface area contributed by atoms with E-state index in [-0.39, 0.29) is 29.6 Å². The van der Waals surface area contributed by atoms with Gasteiger partial charge in [0.05, 0.1) is 17.6 Å². The lowest BCUT2D eigenvalue weighted by Gasteiger charge is -2.21. The number of hydrogen-bond acceptors (Lipinski definition) is 8. The van der Waals surface area contributed by atoms with Crippen molar-refractivity contribution in [1.29, 1.82) is 0 Å². The van der Waals surface area contributed by atoms with E-state index in [1.807, 2.05) is 6.07 Å². The number of carbonyl (C=O) groups excluding carboxylic acids is 1. The van der Waals surface area contributed by atoms with E-state index in [2.05, 4.69) is 25.5 Å². The lowest BCUT2D eigenvalue weighted by molar-refractivity contribution is -0.793. The molecule has 194 valence electrons. The molecule has 0 fully saturated rings. The molecule has 0 saturated heterocycles. The highest BCUT2D eigenvalue weighted by atomic mass is 32.2. The Morgan fingerprint density at radius 2 is 1.86 bits per heavy atom. The van der Waals surface area contributed by atoms with E-state index in [0.29, 0.717) is 21.9 Å². The smallest absolute Gasteiger partial charge is 0.247 e. The quantitative estimate of drug-likeness (QED) is 0.292. The lowest BCUT2D eigenvalue weighted by atomic mass is 10.1. The molecule has 2 aromatic carbocycles. The van der Waals surface area contributed by atoms with Gasteiger partial charge >= 0.3 is 0 Å². The van der Waals surface area contributed by atoms with Crippen molar-refractivity contribution >= 4 is 15.9 Å². The van der Waals surface area contributed by atoms with E-state index in [9.17, 15) is 22.8 Å². The van der Waals surface area contributed by atoms with Gasteiger partial charge in [-0.25, -0.2) is 17.5 Å². The molecule has 0 unspecified atom stereocenters. The summed E-state index contributed by atoms with van der Waals surface area (Å²) in [5.74, 6) is -1.52. The van der Waals surface area contributed by atoms with E-state index in [0.717, 1.165) is 24.3 Å². The molecule has 1 amide bonds. The highest BCUT2D eigenvalue weighted by Crippen LogP contribution is 2.19. The minimum atomic E-state index is -4.06. The van der Waals surface area contributed by atoms with Gasteiger partial charge in [-0.05, 0) is 35.1 Å². The second kappa shape index (κ2) is 10.8. The van der Waals surface area contributed by atoms with Crippen molar-refractivity contribution in [2.75, 3.05) is 0 Å². The first-order chi connectivity index (χ1) is 17.6. The monoisotopic (exact) mass is 529 g/mol. The molecule has 2 heterocycles. The lowest BCUT2D eigenvalue weighted by Crippen LogP contribution is -2.49. The summed E-state index contributed by atoms with van der Waals surface area (Å²) in [4.78, 5) is 13.0. The highest BCUT2D eigenvalue weighted by molar-refractivity contribution is 7.89. The molecular formula is C23H24FN7O5S. The predicted octanol–water partition coefficient (Wildman–Crippen LogP) is 1.37. The molecule has 4 aromatic rings. The Kier molecular flexibility index (Phi) is 7.59. The number of nitrogens with zero attached hydrogens (tertiary/aromatic N) is 5. The molecule has 4 rings (SSSR count). The molecule has 14 heteroatoms. The van der Waals surface area contributed by atoms with Crippen molar-refractivity contribution < 1.29 is 27.1 Å². The largest absolute Gasteiger partial charge is 0.359 e. The van der Waals surface area contributed by atoms with E-state index in [1.54, 1.807) is 44.3 Å². The molecule has 2 aromatic heterocycles. The van der Waals surface area contributed by atoms with Gasteiger partial charge < -0.3 is 10.5 Å². The summed E-state index contributed by atoms with van der Waals surface area (Å²) in [5, 5.41) is 26.5. The van der Waals surface area contributed by atoms with Crippen molar-refractivity contribution in [3.63, 3.8) is 0 Å². The van der Waals surface area contributed by atoms with Gasteiger partial charge in [0.1, 0.15) is 24.1 Å². The Labute approximate surface area is 211 Å². The Balaban J connectivity index is 1.40. The highest BCUT2D eigenvalue weighted by Gasteiger charge is 2.28. The first-order valence-corrected chi connectivity index (χ1v) is 12.7. The average molecular weight is 530 g/mol. The molecule has 0 aliphatic rings. The van der Waals surface area contributed by atoms with E-state index >= 15 is 0 Å². The molecule has 0 saturated carbocycles. The fraction of sp³-hybridized carbons (Fsp3) is 0.261. The second-order valence-corrected chi connectivity index (χ2v) is 10.2. The summed E-state index contributed by atoms with van der Waals surface area (Å²) < 4.78 is 47.1. The molecule has 2 N–H and O–H groups in total. The normalized spacial score (nSPS) is 12.5. The van der Waals surface area contributed by atoms with Crippen molar-refractivity contribution in [3.05, 3.63) is 83.2 Å². The fourth-order valence-corrected chi connectivity index (χ4v) is 4.87. The first kappa shape index (κ1) is 25.9. The minimum Gasteiger partial charge on any atom is -0.359 e. The fourth-order valence-electron chi connectivity index (χ4n) is 3.53. The Morgan fingerprint density at radius 3 is 2.54 bits per heavy atom. The van der Waals surface area contributed by atoms with Crippen molar-refractivity contribution in [2.24, 2.45) is 5.92 Å². The molecule has 0 aliphatic heterocycles. The first-order valence-electron chi connectivity index (χ1n) is 11.2. The number of rotatable bonds is 10. The summed E-state index contributed by atoms with van der Waals surface area (Å²) in [6.07, 6.45) is 1.56. The maximum atomic E-state index is 13.2. The summed E-state index contributed by atoms with van der Waals surface area (Å²) >= 11 is 0. The van der Waals surface area contributed by atoms with E-state index in [1.165, 1.54) is 4.68 Å². The third-order valence-corrected chi connectivity index (χ3v) is 6.88. The van der Waals surface area contributed by atoms with Gasteiger partial charge in [0.25, 0.3) is 0 Å². The standard InChI is InChI=1S/C23H24FN7O5S/c1-15(2)21(28-37(34,35)19-10-8-17(24)9-11-19)23(32)25-12-18-13-30(29-26-18)14-20-22(31(33)36-27-20)16-6-4-3-5-7-16/h3-11,13,15,21,28H,12,14H2,1-2H3,(H,25,32)/t21-/m0/s1. The zero-order chi connectivity index (χ0) is 26.6. The third kappa shape index (κ3) is 6.16. The van der Waals surface area contributed by atoms with Crippen LogP contribution in [0.2, 0.25) is 0 Å². The van der Waals surface area contributed by atoms with Crippen LogP contribution in [-0.2, 0) is 27.9 Å². The van der Waals surface area contributed by atoms with Crippen LogP contribution in [0.4, 0.5) is 4.39 Å². The van der Waals surface area contributed by atoms with E-state index < -0.39 is 27.8 Å². The van der Waals surface area contributed by atoms with Gasteiger partial charge in [0, 0.05) is 10.7 Å². The number of amides is 1. The van der Waals surface area contributed by atoms with Crippen molar-refractivity contribution in [1.82, 2.24) is 30.2 Å². The van der Waals surface area contributed by atoms with Crippen LogP contribution < -0.4 is 14.9 Å². The SMILES string of the molecule is CC(C)[C@H](NS(=O)(=O)c1ccc(F)cc1)C(=O)NCc1cn(Cc2no[n+]([O-])c2-c2ccccc2)nn1. The van der Waals surface area contributed by atoms with Crippen LogP contribution in [0.5, 0.6) is 0 Å². The van der Waals surface area contributed by atoms with Gasteiger partial charge in [-0.3, -0.25) is 9.42 Å². The van der Waals surface area contributed by atoms with Crippen LogP contribution in [0.25, 0.3) is 11.3 Å². The maximum Gasteiger partial charge on any atom is 0.247 e. The maximum absolute atomic E-state index is 13.2. The Morgan fingerprint density at radius 1 is 1.16 bits per heavy atom. The van der Waals surface area contributed by atoms with Crippen molar-refractivity contribution in [2.45, 2.75) is 37.9 Å². The summed E-state index contributed by atoms with van der Waals surface area (Å²) in [7, 11) is -4.06. The van der Waals surface area contributed by atoms with E-state index in [4.69, 9.17) is 4.63 Å². The number of aromatic nitrogens is 5. The number of halogens is 1. The summed E-state index contributed by atoms with van der Waals surface area (Å²) in [6, 6.07) is 12.1. The number of hydrogen-bond donors (Lipinski definition) is 2. The van der Waals surface area contributed by atoms with Gasteiger partial charge in [-0.15, -0.1) is 5.10 Å². The molecule has 12 nitrogen and oxygen atoms in total. The van der Waals surface area contributed by atoms with Gasteiger partial charge in [-0.1, -0.05) is 49.4 Å². The molecule has 0 spiro atoms. The van der Waals surface area contributed by atoms with Gasteiger partial charge in [-0.2, -0.15) is 4.72 Å². The number of sulfonamides is 1. The molecular weight excluding hydrogens is 505 g/mol. The van der Waals surface area contributed by atoms with Gasteiger partial charge in [0.2, 0.25) is 27.3 Å².